The highest BCUT2D eigenvalue weighted by atomic mass is 32.2. The van der Waals surface area contributed by atoms with E-state index in [9.17, 15) is 8.42 Å². The summed E-state index contributed by atoms with van der Waals surface area (Å²) in [5, 5.41) is 0. The molecule has 0 spiro atoms. The fourth-order valence-electron chi connectivity index (χ4n) is 3.12. The Hall–Kier alpha value is -0.885. The molecule has 0 amide bonds. The third-order valence-electron chi connectivity index (χ3n) is 5.45. The molecule has 0 radical (unpaired) electrons. The van der Waals surface area contributed by atoms with Crippen LogP contribution in [0, 0.1) is 6.92 Å². The quantitative estimate of drug-likeness (QED) is 0.783. The van der Waals surface area contributed by atoms with Gasteiger partial charge < -0.3 is 9.31 Å². The Bertz CT molecular complexity index is 723. The zero-order valence-corrected chi connectivity index (χ0v) is 15.9. The summed E-state index contributed by atoms with van der Waals surface area (Å²) in [7, 11) is -3.87. The average Bonchev–Trinajstić information content (AvgIpc) is 3.06. The van der Waals surface area contributed by atoms with E-state index in [1.54, 1.807) is 16.4 Å². The average molecular weight is 351 g/mol. The minimum atomic E-state index is -3.40. The lowest BCUT2D eigenvalue weighted by Crippen LogP contribution is -2.41. The van der Waals surface area contributed by atoms with Gasteiger partial charge in [0.2, 0.25) is 10.0 Å². The van der Waals surface area contributed by atoms with Crippen LogP contribution in [0.15, 0.2) is 23.1 Å². The molecular formula is C17H26BNO4S. The van der Waals surface area contributed by atoms with E-state index in [1.807, 2.05) is 40.7 Å². The molecule has 2 fully saturated rings. The maximum atomic E-state index is 12.7. The van der Waals surface area contributed by atoms with Crippen molar-refractivity contribution in [1.82, 2.24) is 4.31 Å². The Morgan fingerprint density at radius 3 is 2.08 bits per heavy atom. The van der Waals surface area contributed by atoms with Gasteiger partial charge in [0, 0.05) is 13.1 Å². The molecule has 3 rings (SSSR count). The molecule has 2 heterocycles. The third-order valence-corrected chi connectivity index (χ3v) is 7.35. The maximum Gasteiger partial charge on any atom is 0.495 e. The second kappa shape index (κ2) is 5.83. The highest BCUT2D eigenvalue weighted by Crippen LogP contribution is 2.36. The molecular weight excluding hydrogens is 325 g/mol. The first-order valence-electron chi connectivity index (χ1n) is 8.51. The highest BCUT2D eigenvalue weighted by molar-refractivity contribution is 7.89. The predicted molar refractivity (Wildman–Crippen MR) is 94.9 cm³/mol. The van der Waals surface area contributed by atoms with Gasteiger partial charge in [-0.15, -0.1) is 0 Å². The Morgan fingerprint density at radius 1 is 1.04 bits per heavy atom. The second-order valence-electron chi connectivity index (χ2n) is 7.72. The van der Waals surface area contributed by atoms with Crippen LogP contribution in [0.4, 0.5) is 0 Å². The molecule has 132 valence electrons. The van der Waals surface area contributed by atoms with Crippen molar-refractivity contribution in [1.29, 1.82) is 0 Å². The van der Waals surface area contributed by atoms with Crippen LogP contribution in [0.1, 0.15) is 46.1 Å². The first-order chi connectivity index (χ1) is 11.0. The van der Waals surface area contributed by atoms with Crippen molar-refractivity contribution in [2.75, 3.05) is 13.1 Å². The molecule has 0 aliphatic carbocycles. The number of sulfonamides is 1. The highest BCUT2D eigenvalue weighted by Gasteiger charge is 2.52. The summed E-state index contributed by atoms with van der Waals surface area (Å²) < 4.78 is 39.1. The summed E-state index contributed by atoms with van der Waals surface area (Å²) in [5.41, 5.74) is 0.928. The summed E-state index contributed by atoms with van der Waals surface area (Å²) in [5.74, 6) is 0. The van der Waals surface area contributed by atoms with Crippen molar-refractivity contribution in [3.8, 4) is 0 Å². The van der Waals surface area contributed by atoms with E-state index in [-0.39, 0.29) is 0 Å². The fraction of sp³-hybridized carbons (Fsp3) is 0.647. The third kappa shape index (κ3) is 2.92. The Labute approximate surface area is 145 Å². The number of hydrogen-bond donors (Lipinski definition) is 0. The molecule has 0 bridgehead atoms. The molecule has 0 atom stereocenters. The zero-order valence-electron chi connectivity index (χ0n) is 15.1. The monoisotopic (exact) mass is 351 g/mol. The van der Waals surface area contributed by atoms with Crippen LogP contribution in [-0.2, 0) is 19.3 Å². The van der Waals surface area contributed by atoms with Crippen molar-refractivity contribution in [3.63, 3.8) is 0 Å². The lowest BCUT2D eigenvalue weighted by molar-refractivity contribution is 0.00578. The van der Waals surface area contributed by atoms with Gasteiger partial charge in [-0.1, -0.05) is 11.6 Å². The predicted octanol–water partition coefficient (Wildman–Crippen LogP) is 2.08. The van der Waals surface area contributed by atoms with Crippen LogP contribution < -0.4 is 5.46 Å². The lowest BCUT2D eigenvalue weighted by Gasteiger charge is -2.32. The molecule has 7 heteroatoms. The van der Waals surface area contributed by atoms with Gasteiger partial charge in [-0.3, -0.25) is 0 Å². The van der Waals surface area contributed by atoms with Gasteiger partial charge in [0.05, 0.1) is 16.1 Å². The molecule has 1 aromatic rings. The minimum Gasteiger partial charge on any atom is -0.399 e. The van der Waals surface area contributed by atoms with E-state index < -0.39 is 28.3 Å². The lowest BCUT2D eigenvalue weighted by atomic mass is 9.76. The SMILES string of the molecule is Cc1cc(S(=O)(=O)N2CCCC2)ccc1B1OC(C)(C)C(C)(C)O1. The molecule has 2 saturated heterocycles. The van der Waals surface area contributed by atoms with Gasteiger partial charge in [-0.05, 0) is 65.1 Å². The van der Waals surface area contributed by atoms with Crippen LogP contribution >= 0.6 is 0 Å². The molecule has 0 N–H and O–H groups in total. The molecule has 0 aromatic heterocycles. The largest absolute Gasteiger partial charge is 0.495 e. The van der Waals surface area contributed by atoms with E-state index in [0.717, 1.165) is 23.9 Å². The first-order valence-corrected chi connectivity index (χ1v) is 9.95. The molecule has 2 aliphatic heterocycles. The van der Waals surface area contributed by atoms with Crippen molar-refractivity contribution in [2.24, 2.45) is 0 Å². The molecule has 0 unspecified atom stereocenters. The fourth-order valence-corrected chi connectivity index (χ4v) is 4.72. The molecule has 0 saturated carbocycles. The van der Waals surface area contributed by atoms with E-state index in [4.69, 9.17) is 9.31 Å². The van der Waals surface area contributed by atoms with Crippen LogP contribution in [-0.4, -0.2) is 44.1 Å². The first kappa shape index (κ1) is 17.9. The van der Waals surface area contributed by atoms with Gasteiger partial charge in [-0.25, -0.2) is 8.42 Å². The number of aryl methyl sites for hydroxylation is 1. The summed E-state index contributed by atoms with van der Waals surface area (Å²) >= 11 is 0. The molecule has 2 aliphatic rings. The van der Waals surface area contributed by atoms with E-state index in [0.29, 0.717) is 18.0 Å². The van der Waals surface area contributed by atoms with Crippen LogP contribution in [0.25, 0.3) is 0 Å². The minimum absolute atomic E-state index is 0.349. The smallest absolute Gasteiger partial charge is 0.399 e. The normalized spacial score (nSPS) is 23.8. The van der Waals surface area contributed by atoms with E-state index >= 15 is 0 Å². The van der Waals surface area contributed by atoms with Gasteiger partial charge in [0.1, 0.15) is 0 Å². The maximum absolute atomic E-state index is 12.7. The molecule has 24 heavy (non-hydrogen) atoms. The van der Waals surface area contributed by atoms with Crippen LogP contribution in [0.5, 0.6) is 0 Å². The van der Waals surface area contributed by atoms with Crippen LogP contribution in [0.2, 0.25) is 0 Å². The Kier molecular flexibility index (Phi) is 4.36. The standard InChI is InChI=1S/C17H26BNO4S/c1-13-12-14(24(20,21)19-10-6-7-11-19)8-9-15(13)18-22-16(2,3)17(4,5)23-18/h8-9,12H,6-7,10-11H2,1-5H3. The number of nitrogens with zero attached hydrogens (tertiary/aromatic N) is 1. The summed E-state index contributed by atoms with van der Waals surface area (Å²) in [6.45, 7) is 11.2. The molecule has 5 nitrogen and oxygen atoms in total. The van der Waals surface area contributed by atoms with Crippen molar-refractivity contribution in [3.05, 3.63) is 23.8 Å². The summed E-state index contributed by atoms with van der Waals surface area (Å²) in [6.07, 6.45) is 1.87. The summed E-state index contributed by atoms with van der Waals surface area (Å²) in [4.78, 5) is 0.349. The van der Waals surface area contributed by atoms with E-state index in [1.165, 1.54) is 0 Å². The van der Waals surface area contributed by atoms with Gasteiger partial charge in [-0.2, -0.15) is 4.31 Å². The van der Waals surface area contributed by atoms with Crippen molar-refractivity contribution < 1.29 is 17.7 Å². The number of hydrogen-bond acceptors (Lipinski definition) is 4. The van der Waals surface area contributed by atoms with Crippen molar-refractivity contribution >= 4 is 22.6 Å². The van der Waals surface area contributed by atoms with E-state index in [2.05, 4.69) is 0 Å². The topological polar surface area (TPSA) is 55.8 Å². The Morgan fingerprint density at radius 2 is 1.58 bits per heavy atom. The van der Waals surface area contributed by atoms with Gasteiger partial charge >= 0.3 is 7.12 Å². The van der Waals surface area contributed by atoms with Gasteiger partial charge in [0.25, 0.3) is 0 Å². The number of rotatable bonds is 3. The van der Waals surface area contributed by atoms with Gasteiger partial charge in [0.15, 0.2) is 0 Å². The zero-order chi connectivity index (χ0) is 17.8. The second-order valence-corrected chi connectivity index (χ2v) is 9.66. The molecule has 1 aromatic carbocycles. The van der Waals surface area contributed by atoms with Crippen molar-refractivity contribution in [2.45, 2.75) is 63.6 Å². The van der Waals surface area contributed by atoms with Crippen LogP contribution in [0.3, 0.4) is 0 Å². The Balaban J connectivity index is 1.89. The summed E-state index contributed by atoms with van der Waals surface area (Å²) in [6, 6.07) is 5.22. The number of benzene rings is 1.